The van der Waals surface area contributed by atoms with Crippen molar-refractivity contribution >= 4 is 29.2 Å². The van der Waals surface area contributed by atoms with Gasteiger partial charge in [-0.1, -0.05) is 49.2 Å². The summed E-state index contributed by atoms with van der Waals surface area (Å²) in [4.78, 5) is 11.9. The maximum absolute atomic E-state index is 14.1. The van der Waals surface area contributed by atoms with Crippen LogP contribution >= 0.6 is 23.2 Å². The van der Waals surface area contributed by atoms with E-state index in [-0.39, 0.29) is 17.5 Å². The molecule has 0 aliphatic carbocycles. The third kappa shape index (κ3) is 3.69. The van der Waals surface area contributed by atoms with Crippen molar-refractivity contribution < 1.29 is 23.1 Å². The molecule has 26 heavy (non-hydrogen) atoms. The van der Waals surface area contributed by atoms with E-state index in [0.29, 0.717) is 5.56 Å². The van der Waals surface area contributed by atoms with Gasteiger partial charge in [-0.25, -0.2) is 13.2 Å². The molecule has 7 heteroatoms. The van der Waals surface area contributed by atoms with Gasteiger partial charge in [0.05, 0.1) is 16.0 Å². The molecule has 1 N–H and O–H groups in total. The number of halogens is 5. The van der Waals surface area contributed by atoms with Gasteiger partial charge in [0.1, 0.15) is 17.5 Å². The van der Waals surface area contributed by atoms with Gasteiger partial charge in [0.2, 0.25) is 0 Å². The predicted octanol–water partition coefficient (Wildman–Crippen LogP) is 5.94. The van der Waals surface area contributed by atoms with Gasteiger partial charge < -0.3 is 5.11 Å². The van der Waals surface area contributed by atoms with Gasteiger partial charge in [0.25, 0.3) is 0 Å². The Morgan fingerprint density at radius 1 is 1.08 bits per heavy atom. The second-order valence-electron chi connectivity index (χ2n) is 6.68. The molecule has 0 fully saturated rings. The molecule has 0 aliphatic rings. The van der Waals surface area contributed by atoms with E-state index in [1.54, 1.807) is 13.8 Å². The van der Waals surface area contributed by atoms with E-state index in [1.165, 1.54) is 31.2 Å². The fourth-order valence-corrected chi connectivity index (χ4v) is 3.58. The third-order valence-corrected chi connectivity index (χ3v) is 5.53. The molecule has 0 saturated carbocycles. The minimum absolute atomic E-state index is 0.100. The molecule has 2 nitrogen and oxygen atoms in total. The molecular formula is C19H17Cl2F3O2. The van der Waals surface area contributed by atoms with Crippen molar-refractivity contribution in [1.29, 1.82) is 0 Å². The summed E-state index contributed by atoms with van der Waals surface area (Å²) in [6.07, 6.45) is -0.286. The van der Waals surface area contributed by atoms with Crippen LogP contribution in [0.1, 0.15) is 30.5 Å². The van der Waals surface area contributed by atoms with Gasteiger partial charge in [-0.15, -0.1) is 0 Å². The molecule has 0 aliphatic heterocycles. The highest BCUT2D eigenvalue weighted by atomic mass is 35.5. The van der Waals surface area contributed by atoms with Crippen LogP contribution in [-0.4, -0.2) is 11.1 Å². The number of aliphatic carboxylic acids is 1. The lowest BCUT2D eigenvalue weighted by molar-refractivity contribution is -0.144. The fraction of sp³-hybridized carbons (Fsp3) is 0.316. The molecule has 0 heterocycles. The first-order valence-electron chi connectivity index (χ1n) is 7.78. The van der Waals surface area contributed by atoms with Crippen LogP contribution in [0.3, 0.4) is 0 Å². The minimum Gasteiger partial charge on any atom is -0.481 e. The zero-order valence-electron chi connectivity index (χ0n) is 14.3. The third-order valence-electron chi connectivity index (χ3n) is 4.74. The molecular weight excluding hydrogens is 388 g/mol. The van der Waals surface area contributed by atoms with Crippen molar-refractivity contribution in [2.75, 3.05) is 0 Å². The lowest BCUT2D eigenvalue weighted by Crippen LogP contribution is -2.36. The van der Waals surface area contributed by atoms with Gasteiger partial charge in [-0.2, -0.15) is 0 Å². The molecule has 0 saturated heterocycles. The zero-order chi connectivity index (χ0) is 19.8. The Bertz CT molecular complexity index is 820. The Kier molecular flexibility index (Phi) is 5.93. The van der Waals surface area contributed by atoms with E-state index in [9.17, 15) is 23.1 Å². The van der Waals surface area contributed by atoms with Crippen LogP contribution in [0, 0.1) is 30.3 Å². The summed E-state index contributed by atoms with van der Waals surface area (Å²) in [6.45, 7) is 4.51. The van der Waals surface area contributed by atoms with E-state index in [1.807, 2.05) is 0 Å². The topological polar surface area (TPSA) is 37.3 Å². The molecule has 2 rings (SSSR count). The highest BCUT2D eigenvalue weighted by Crippen LogP contribution is 2.40. The van der Waals surface area contributed by atoms with E-state index in [2.05, 4.69) is 0 Å². The van der Waals surface area contributed by atoms with Crippen LogP contribution in [-0.2, 0) is 16.6 Å². The maximum Gasteiger partial charge on any atom is 0.307 e. The first kappa shape index (κ1) is 20.6. The van der Waals surface area contributed by atoms with Crippen molar-refractivity contribution in [1.82, 2.24) is 0 Å². The molecule has 0 aromatic heterocycles. The van der Waals surface area contributed by atoms with Crippen LogP contribution in [0.4, 0.5) is 13.2 Å². The van der Waals surface area contributed by atoms with Crippen LogP contribution in [0.5, 0.6) is 0 Å². The smallest absolute Gasteiger partial charge is 0.307 e. The lowest BCUT2D eigenvalue weighted by Gasteiger charge is -2.32. The number of rotatable bonds is 5. The average Bonchev–Trinajstić information content (AvgIpc) is 2.58. The van der Waals surface area contributed by atoms with E-state index in [4.69, 9.17) is 23.2 Å². The zero-order valence-corrected chi connectivity index (χ0v) is 15.9. The Morgan fingerprint density at radius 3 is 1.96 bits per heavy atom. The Labute approximate surface area is 159 Å². The average molecular weight is 405 g/mol. The summed E-state index contributed by atoms with van der Waals surface area (Å²) in [7, 11) is 0. The molecule has 1 atom stereocenters. The second-order valence-corrected chi connectivity index (χ2v) is 7.44. The molecule has 0 bridgehead atoms. The van der Waals surface area contributed by atoms with Gasteiger partial charge in [0.15, 0.2) is 0 Å². The van der Waals surface area contributed by atoms with Crippen molar-refractivity contribution in [2.45, 2.75) is 32.6 Å². The van der Waals surface area contributed by atoms with Gasteiger partial charge >= 0.3 is 5.97 Å². The quantitative estimate of drug-likeness (QED) is 0.625. The summed E-state index contributed by atoms with van der Waals surface area (Å²) in [5.41, 5.74) is -0.846. The highest BCUT2D eigenvalue weighted by Gasteiger charge is 2.38. The summed E-state index contributed by atoms with van der Waals surface area (Å²) >= 11 is 11.9. The second kappa shape index (κ2) is 7.49. The number of benzene rings is 2. The molecule has 140 valence electrons. The fourth-order valence-electron chi connectivity index (χ4n) is 2.90. The number of carboxylic acid groups (broad SMARTS) is 1. The SMILES string of the molecule is Cc1c(F)c(Cl)c(CC(C(=O)O)C(C)(C)c2ccc(F)cc2)c(Cl)c1F. The van der Waals surface area contributed by atoms with Gasteiger partial charge in [0, 0.05) is 11.0 Å². The molecule has 0 radical (unpaired) electrons. The van der Waals surface area contributed by atoms with E-state index < -0.39 is 44.8 Å². The minimum atomic E-state index is -1.19. The first-order chi connectivity index (χ1) is 12.0. The maximum atomic E-state index is 14.1. The Hall–Kier alpha value is -1.72. The van der Waals surface area contributed by atoms with Crippen LogP contribution in [0.2, 0.25) is 10.0 Å². The normalized spacial score (nSPS) is 12.9. The highest BCUT2D eigenvalue weighted by molar-refractivity contribution is 6.36. The molecule has 2 aromatic carbocycles. The Balaban J connectivity index is 2.54. The number of hydrogen-bond acceptors (Lipinski definition) is 1. The summed E-state index contributed by atoms with van der Waals surface area (Å²) in [5, 5.41) is 8.93. The molecule has 2 aromatic rings. The Morgan fingerprint density at radius 2 is 1.54 bits per heavy atom. The van der Waals surface area contributed by atoms with Crippen LogP contribution in [0.15, 0.2) is 24.3 Å². The standard InChI is InChI=1S/C19H17Cl2F3O2/c1-9-16(23)14(20)12(15(21)17(9)24)8-13(18(25)26)19(2,3)10-4-6-11(22)7-5-10/h4-7,13H,8H2,1-3H3,(H,25,26). The largest absolute Gasteiger partial charge is 0.481 e. The van der Waals surface area contributed by atoms with E-state index in [0.717, 1.165) is 0 Å². The first-order valence-corrected chi connectivity index (χ1v) is 8.54. The molecule has 0 amide bonds. The monoisotopic (exact) mass is 404 g/mol. The van der Waals surface area contributed by atoms with Crippen LogP contribution < -0.4 is 0 Å². The molecule has 0 spiro atoms. The summed E-state index contributed by atoms with van der Waals surface area (Å²) in [5.74, 6) is -4.68. The van der Waals surface area contributed by atoms with Crippen molar-refractivity contribution in [3.8, 4) is 0 Å². The van der Waals surface area contributed by atoms with Crippen LogP contribution in [0.25, 0.3) is 0 Å². The molecule has 1 unspecified atom stereocenters. The van der Waals surface area contributed by atoms with E-state index >= 15 is 0 Å². The number of carboxylic acids is 1. The van der Waals surface area contributed by atoms with Gasteiger partial charge in [-0.3, -0.25) is 4.79 Å². The van der Waals surface area contributed by atoms with Gasteiger partial charge in [-0.05, 0) is 36.6 Å². The van der Waals surface area contributed by atoms with Crippen molar-refractivity contribution in [2.24, 2.45) is 5.92 Å². The summed E-state index contributed by atoms with van der Waals surface area (Å²) in [6, 6.07) is 5.40. The van der Waals surface area contributed by atoms with Crippen molar-refractivity contribution in [3.05, 3.63) is 68.5 Å². The summed E-state index contributed by atoms with van der Waals surface area (Å²) < 4.78 is 41.4. The van der Waals surface area contributed by atoms with Crippen molar-refractivity contribution in [3.63, 3.8) is 0 Å². The lowest BCUT2D eigenvalue weighted by atomic mass is 9.71. The predicted molar refractivity (Wildman–Crippen MR) is 95.4 cm³/mol. The number of hydrogen-bond donors (Lipinski definition) is 1. The number of carbonyl (C=O) groups is 1.